The summed E-state index contributed by atoms with van der Waals surface area (Å²) in [6.45, 7) is 5.60. The van der Waals surface area contributed by atoms with E-state index < -0.39 is 0 Å². The summed E-state index contributed by atoms with van der Waals surface area (Å²) < 4.78 is 4.65. The minimum atomic E-state index is -0.153. The molecule has 0 aliphatic heterocycles. The van der Waals surface area contributed by atoms with Gasteiger partial charge in [-0.2, -0.15) is 0 Å². The van der Waals surface area contributed by atoms with E-state index in [4.69, 9.17) is 0 Å². The molecule has 2 heteroatoms. The Kier molecular flexibility index (Phi) is 12.7. The second-order valence-corrected chi connectivity index (χ2v) is 4.59. The molecule has 0 amide bonds. The molecule has 0 fully saturated rings. The lowest BCUT2D eigenvalue weighted by Crippen LogP contribution is -1.98. The van der Waals surface area contributed by atoms with Crippen molar-refractivity contribution in [1.29, 1.82) is 0 Å². The number of carbonyl (C=O) groups is 1. The first-order valence-corrected chi connectivity index (χ1v) is 7.11. The second kappa shape index (κ2) is 13.3. The third-order valence-corrected chi connectivity index (χ3v) is 2.95. The molecule has 0 aromatic carbocycles. The van der Waals surface area contributed by atoms with Crippen LogP contribution in [0.25, 0.3) is 0 Å². The lowest BCUT2D eigenvalue weighted by atomic mass is 10.1. The molecule has 0 saturated heterocycles. The van der Waals surface area contributed by atoms with Crippen molar-refractivity contribution in [2.75, 3.05) is 0 Å². The van der Waals surface area contributed by atoms with Gasteiger partial charge in [0.2, 0.25) is 0 Å². The van der Waals surface area contributed by atoms with Crippen LogP contribution in [-0.4, -0.2) is 5.97 Å². The maximum Gasteiger partial charge on any atom is 0.310 e. The van der Waals surface area contributed by atoms with E-state index >= 15 is 0 Å². The first-order valence-electron chi connectivity index (χ1n) is 7.11. The van der Waals surface area contributed by atoms with Gasteiger partial charge in [0.15, 0.2) is 0 Å². The number of esters is 1. The molecule has 0 bridgehead atoms. The van der Waals surface area contributed by atoms with Crippen molar-refractivity contribution in [2.45, 2.75) is 77.6 Å². The Morgan fingerprint density at radius 1 is 0.941 bits per heavy atom. The van der Waals surface area contributed by atoms with Gasteiger partial charge in [-0.1, -0.05) is 71.3 Å². The fraction of sp³-hybridized carbons (Fsp3) is 0.800. The third kappa shape index (κ3) is 13.1. The lowest BCUT2D eigenvalue weighted by Gasteiger charge is -2.02. The Morgan fingerprint density at radius 3 is 1.88 bits per heavy atom. The van der Waals surface area contributed by atoms with Gasteiger partial charge in [0, 0.05) is 6.42 Å². The van der Waals surface area contributed by atoms with Crippen LogP contribution in [0.4, 0.5) is 0 Å². The van der Waals surface area contributed by atoms with Crippen LogP contribution in [0, 0.1) is 0 Å². The van der Waals surface area contributed by atoms with Gasteiger partial charge in [-0.3, -0.25) is 4.79 Å². The molecular formula is C15H28O2. The number of hydrogen-bond donors (Lipinski definition) is 0. The predicted octanol–water partition coefficient (Wildman–Crippen LogP) is 4.98. The van der Waals surface area contributed by atoms with Crippen LogP contribution in [-0.2, 0) is 9.53 Å². The smallest absolute Gasteiger partial charge is 0.310 e. The molecular weight excluding hydrogens is 212 g/mol. The zero-order valence-corrected chi connectivity index (χ0v) is 11.4. The summed E-state index contributed by atoms with van der Waals surface area (Å²) >= 11 is 0. The Morgan fingerprint density at radius 2 is 1.41 bits per heavy atom. The van der Waals surface area contributed by atoms with E-state index in [-0.39, 0.29) is 5.97 Å². The SMILES string of the molecule is C=COC(=O)CCCCCCCCCCCC. The zero-order chi connectivity index (χ0) is 12.8. The number of rotatable bonds is 12. The summed E-state index contributed by atoms with van der Waals surface area (Å²) in [7, 11) is 0. The number of hydrogen-bond acceptors (Lipinski definition) is 2. The van der Waals surface area contributed by atoms with Gasteiger partial charge in [-0.25, -0.2) is 0 Å². The van der Waals surface area contributed by atoms with E-state index in [1.807, 2.05) is 0 Å². The minimum absolute atomic E-state index is 0.153. The van der Waals surface area contributed by atoms with Gasteiger partial charge in [0.25, 0.3) is 0 Å². The van der Waals surface area contributed by atoms with Gasteiger partial charge in [0.05, 0.1) is 6.26 Å². The van der Waals surface area contributed by atoms with E-state index in [9.17, 15) is 4.79 Å². The molecule has 0 N–H and O–H groups in total. The third-order valence-electron chi connectivity index (χ3n) is 2.95. The van der Waals surface area contributed by atoms with Crippen molar-refractivity contribution in [3.05, 3.63) is 12.8 Å². The average molecular weight is 240 g/mol. The monoisotopic (exact) mass is 240 g/mol. The standard InChI is InChI=1S/C15H28O2/c1-3-5-6-7-8-9-10-11-12-13-14-15(16)17-4-2/h4H,2-3,5-14H2,1H3. The summed E-state index contributed by atoms with van der Waals surface area (Å²) in [4.78, 5) is 11.0. The molecule has 0 atom stereocenters. The first-order chi connectivity index (χ1) is 8.31. The maximum atomic E-state index is 11.0. The zero-order valence-electron chi connectivity index (χ0n) is 11.4. The van der Waals surface area contributed by atoms with Crippen LogP contribution in [0.2, 0.25) is 0 Å². The molecule has 0 saturated carbocycles. The normalized spacial score (nSPS) is 10.2. The summed E-state index contributed by atoms with van der Waals surface area (Å²) in [5.41, 5.74) is 0. The minimum Gasteiger partial charge on any atom is -0.435 e. The van der Waals surface area contributed by atoms with Crippen molar-refractivity contribution >= 4 is 5.97 Å². The quantitative estimate of drug-likeness (QED) is 0.273. The molecule has 0 aromatic heterocycles. The van der Waals surface area contributed by atoms with Gasteiger partial charge >= 0.3 is 5.97 Å². The highest BCUT2D eigenvalue weighted by atomic mass is 16.5. The van der Waals surface area contributed by atoms with Crippen LogP contribution < -0.4 is 0 Å². The van der Waals surface area contributed by atoms with Crippen molar-refractivity contribution < 1.29 is 9.53 Å². The molecule has 0 heterocycles. The molecule has 0 radical (unpaired) electrons. The van der Waals surface area contributed by atoms with E-state index in [1.54, 1.807) is 0 Å². The Labute approximate surface area is 106 Å². The summed E-state index contributed by atoms with van der Waals surface area (Å²) in [5, 5.41) is 0. The number of unbranched alkanes of at least 4 members (excludes halogenated alkanes) is 9. The van der Waals surface area contributed by atoms with Gasteiger partial charge < -0.3 is 4.74 Å². The Bertz CT molecular complexity index is 187. The fourth-order valence-electron chi connectivity index (χ4n) is 1.91. The number of carbonyl (C=O) groups excluding carboxylic acids is 1. The average Bonchev–Trinajstić information content (AvgIpc) is 2.32. The van der Waals surface area contributed by atoms with Crippen LogP contribution in [0.3, 0.4) is 0 Å². The molecule has 0 aliphatic carbocycles. The van der Waals surface area contributed by atoms with Crippen LogP contribution in [0.1, 0.15) is 77.6 Å². The van der Waals surface area contributed by atoms with Crippen LogP contribution in [0.15, 0.2) is 12.8 Å². The lowest BCUT2D eigenvalue weighted by molar-refractivity contribution is -0.138. The van der Waals surface area contributed by atoms with E-state index in [2.05, 4.69) is 18.2 Å². The summed E-state index contributed by atoms with van der Waals surface area (Å²) in [6.07, 6.45) is 14.6. The van der Waals surface area contributed by atoms with Crippen molar-refractivity contribution in [3.63, 3.8) is 0 Å². The molecule has 0 aromatic rings. The van der Waals surface area contributed by atoms with E-state index in [0.29, 0.717) is 6.42 Å². The Hall–Kier alpha value is -0.790. The van der Waals surface area contributed by atoms with Crippen molar-refractivity contribution in [3.8, 4) is 0 Å². The highest BCUT2D eigenvalue weighted by Gasteiger charge is 1.99. The highest BCUT2D eigenvalue weighted by Crippen LogP contribution is 2.11. The van der Waals surface area contributed by atoms with Gasteiger partial charge in [-0.15, -0.1) is 0 Å². The molecule has 100 valence electrons. The van der Waals surface area contributed by atoms with Gasteiger partial charge in [0.1, 0.15) is 0 Å². The number of ether oxygens (including phenoxy) is 1. The first kappa shape index (κ1) is 16.2. The highest BCUT2D eigenvalue weighted by molar-refractivity contribution is 5.69. The molecule has 17 heavy (non-hydrogen) atoms. The summed E-state index contributed by atoms with van der Waals surface area (Å²) in [6, 6.07) is 0. The summed E-state index contributed by atoms with van der Waals surface area (Å²) in [5.74, 6) is -0.153. The van der Waals surface area contributed by atoms with E-state index in [1.165, 1.54) is 57.6 Å². The van der Waals surface area contributed by atoms with Crippen molar-refractivity contribution in [1.82, 2.24) is 0 Å². The van der Waals surface area contributed by atoms with Crippen LogP contribution in [0.5, 0.6) is 0 Å². The maximum absolute atomic E-state index is 11.0. The predicted molar refractivity (Wildman–Crippen MR) is 72.8 cm³/mol. The second-order valence-electron chi connectivity index (χ2n) is 4.59. The molecule has 0 spiro atoms. The topological polar surface area (TPSA) is 26.3 Å². The fourth-order valence-corrected chi connectivity index (χ4v) is 1.91. The van der Waals surface area contributed by atoms with Gasteiger partial charge in [-0.05, 0) is 6.42 Å². The molecule has 2 nitrogen and oxygen atoms in total. The van der Waals surface area contributed by atoms with Crippen LogP contribution >= 0.6 is 0 Å². The largest absolute Gasteiger partial charge is 0.435 e. The molecule has 0 aliphatic rings. The molecule has 0 unspecified atom stereocenters. The Balaban J connectivity index is 3.03. The van der Waals surface area contributed by atoms with Crippen molar-refractivity contribution in [2.24, 2.45) is 0 Å². The van der Waals surface area contributed by atoms with E-state index in [0.717, 1.165) is 12.8 Å². The molecule has 0 rings (SSSR count).